The number of thiophene rings is 1. The van der Waals surface area contributed by atoms with Gasteiger partial charge in [0.1, 0.15) is 5.82 Å². The largest absolute Gasteiger partial charge is 0.368 e. The van der Waals surface area contributed by atoms with Gasteiger partial charge >= 0.3 is 0 Å². The molecule has 1 aromatic carbocycles. The van der Waals surface area contributed by atoms with E-state index in [1.165, 1.54) is 5.69 Å². The zero-order valence-electron chi connectivity index (χ0n) is 17.1. The highest BCUT2D eigenvalue weighted by atomic mass is 32.1. The van der Waals surface area contributed by atoms with Gasteiger partial charge in [-0.3, -0.25) is 4.79 Å². The predicted octanol–water partition coefficient (Wildman–Crippen LogP) is 4.36. The fraction of sp³-hybridized carbons (Fsp3) is 0.250. The lowest BCUT2D eigenvalue weighted by Crippen LogP contribution is -2.46. The first-order valence-corrected chi connectivity index (χ1v) is 11.1. The van der Waals surface area contributed by atoms with Gasteiger partial charge in [-0.05, 0) is 65.2 Å². The Balaban J connectivity index is 1.35. The maximum absolute atomic E-state index is 12.3. The van der Waals surface area contributed by atoms with Gasteiger partial charge in [0, 0.05) is 44.1 Å². The number of nitrogens with one attached hydrogen (secondary N) is 1. The van der Waals surface area contributed by atoms with Crippen molar-refractivity contribution in [3.63, 3.8) is 0 Å². The molecule has 0 spiro atoms. The average Bonchev–Trinajstić information content (AvgIpc) is 3.32. The Bertz CT molecular complexity index is 979. The summed E-state index contributed by atoms with van der Waals surface area (Å²) < 4.78 is 0. The third-order valence-corrected chi connectivity index (χ3v) is 6.02. The lowest BCUT2D eigenvalue weighted by Gasteiger charge is -2.37. The van der Waals surface area contributed by atoms with Crippen LogP contribution in [0, 0.1) is 0 Å². The number of aromatic nitrogens is 1. The van der Waals surface area contributed by atoms with E-state index in [0.29, 0.717) is 0 Å². The van der Waals surface area contributed by atoms with E-state index in [9.17, 15) is 4.79 Å². The van der Waals surface area contributed by atoms with Crippen molar-refractivity contribution in [3.05, 3.63) is 82.7 Å². The first kappa shape index (κ1) is 20.2. The van der Waals surface area contributed by atoms with E-state index in [1.54, 1.807) is 17.4 Å². The van der Waals surface area contributed by atoms with Crippen molar-refractivity contribution >= 4 is 34.8 Å². The van der Waals surface area contributed by atoms with Gasteiger partial charge in [0.2, 0.25) is 5.91 Å². The molecule has 30 heavy (non-hydrogen) atoms. The molecule has 0 radical (unpaired) electrons. The zero-order chi connectivity index (χ0) is 20.8. The van der Waals surface area contributed by atoms with Crippen molar-refractivity contribution in [2.75, 3.05) is 36.0 Å². The lowest BCUT2D eigenvalue weighted by atomic mass is 10.1. The normalized spacial score (nSPS) is 15.4. The Morgan fingerprint density at radius 2 is 1.93 bits per heavy atom. The number of carbonyl (C=O) groups is 1. The van der Waals surface area contributed by atoms with E-state index in [2.05, 4.69) is 50.4 Å². The molecule has 6 heteroatoms. The zero-order valence-corrected chi connectivity index (χ0v) is 17.9. The summed E-state index contributed by atoms with van der Waals surface area (Å²) in [4.78, 5) is 21.4. The van der Waals surface area contributed by atoms with Crippen molar-refractivity contribution in [2.24, 2.45) is 0 Å². The number of amides is 1. The number of benzene rings is 1. The van der Waals surface area contributed by atoms with Gasteiger partial charge < -0.3 is 15.1 Å². The van der Waals surface area contributed by atoms with Crippen molar-refractivity contribution < 1.29 is 4.79 Å². The quantitative estimate of drug-likeness (QED) is 0.604. The maximum atomic E-state index is 12.3. The number of anilines is 2. The fourth-order valence-electron chi connectivity index (χ4n) is 3.61. The molecule has 1 aliphatic rings. The van der Waals surface area contributed by atoms with Crippen molar-refractivity contribution in [3.8, 4) is 0 Å². The van der Waals surface area contributed by atoms with Gasteiger partial charge in [-0.2, -0.15) is 11.3 Å². The van der Waals surface area contributed by atoms with Crippen LogP contribution in [0.3, 0.4) is 0 Å². The van der Waals surface area contributed by atoms with Gasteiger partial charge in [-0.15, -0.1) is 0 Å². The number of nitrogens with zero attached hydrogens (tertiary/aromatic N) is 3. The molecule has 3 aromatic rings. The fourth-order valence-corrected chi connectivity index (χ4v) is 4.24. The summed E-state index contributed by atoms with van der Waals surface area (Å²) in [5.41, 5.74) is 3.36. The minimum Gasteiger partial charge on any atom is -0.368 e. The number of carbonyl (C=O) groups excluding carboxylic acids is 1. The number of hydrogen-bond acceptors (Lipinski definition) is 5. The Hall–Kier alpha value is -3.12. The van der Waals surface area contributed by atoms with Gasteiger partial charge in [0.05, 0.1) is 6.04 Å². The Labute approximate surface area is 181 Å². The van der Waals surface area contributed by atoms with E-state index >= 15 is 0 Å². The van der Waals surface area contributed by atoms with Crippen LogP contribution in [0.4, 0.5) is 11.5 Å². The van der Waals surface area contributed by atoms with Crippen LogP contribution in [-0.4, -0.2) is 37.1 Å². The molecule has 1 amide bonds. The van der Waals surface area contributed by atoms with Gasteiger partial charge in [0.25, 0.3) is 0 Å². The first-order valence-electron chi connectivity index (χ1n) is 10.2. The molecule has 3 heterocycles. The summed E-state index contributed by atoms with van der Waals surface area (Å²) in [6.45, 7) is 5.81. The molecule has 0 bridgehead atoms. The van der Waals surface area contributed by atoms with Gasteiger partial charge in [0.15, 0.2) is 0 Å². The first-order chi connectivity index (χ1) is 14.7. The van der Waals surface area contributed by atoms with Crippen LogP contribution in [0.25, 0.3) is 6.08 Å². The van der Waals surface area contributed by atoms with E-state index in [-0.39, 0.29) is 11.9 Å². The molecule has 2 aromatic heterocycles. The molecule has 0 saturated carbocycles. The van der Waals surface area contributed by atoms with Crippen LogP contribution in [0.2, 0.25) is 0 Å². The topological polar surface area (TPSA) is 48.5 Å². The summed E-state index contributed by atoms with van der Waals surface area (Å²) in [7, 11) is 0. The summed E-state index contributed by atoms with van der Waals surface area (Å²) in [6.07, 6.45) is 5.28. The number of hydrogen-bond donors (Lipinski definition) is 1. The highest BCUT2D eigenvalue weighted by Crippen LogP contribution is 2.23. The molecule has 1 fully saturated rings. The van der Waals surface area contributed by atoms with Crippen LogP contribution < -0.4 is 15.1 Å². The van der Waals surface area contributed by atoms with Crippen LogP contribution in [0.15, 0.2) is 71.6 Å². The Kier molecular flexibility index (Phi) is 6.44. The smallest absolute Gasteiger partial charge is 0.244 e. The summed E-state index contributed by atoms with van der Waals surface area (Å²) >= 11 is 1.62. The van der Waals surface area contributed by atoms with E-state index in [4.69, 9.17) is 0 Å². The molecule has 0 unspecified atom stereocenters. The number of piperazine rings is 1. The van der Waals surface area contributed by atoms with E-state index in [1.807, 2.05) is 48.2 Å². The minimum atomic E-state index is -0.0805. The highest BCUT2D eigenvalue weighted by molar-refractivity contribution is 7.08. The Morgan fingerprint density at radius 3 is 2.67 bits per heavy atom. The van der Waals surface area contributed by atoms with Crippen LogP contribution in [0.5, 0.6) is 0 Å². The molecule has 4 rings (SSSR count). The SMILES string of the molecule is C[C@H](NC(=O)/C=C/c1ccsc1)c1cccc(N2CCN(c3ccccn3)CC2)c1. The number of pyridine rings is 1. The summed E-state index contributed by atoms with van der Waals surface area (Å²) in [6, 6.07) is 16.4. The second-order valence-electron chi connectivity index (χ2n) is 7.38. The molecule has 0 aliphatic carbocycles. The lowest BCUT2D eigenvalue weighted by molar-refractivity contribution is -0.117. The predicted molar refractivity (Wildman–Crippen MR) is 125 cm³/mol. The van der Waals surface area contributed by atoms with Gasteiger partial charge in [-0.25, -0.2) is 4.98 Å². The van der Waals surface area contributed by atoms with Crippen LogP contribution in [-0.2, 0) is 4.79 Å². The third kappa shape index (κ3) is 5.07. The second kappa shape index (κ2) is 9.59. The molecular formula is C24H26N4OS. The molecule has 1 aliphatic heterocycles. The van der Waals surface area contributed by atoms with Crippen molar-refractivity contribution in [1.82, 2.24) is 10.3 Å². The summed E-state index contributed by atoms with van der Waals surface area (Å²) in [5, 5.41) is 7.08. The number of rotatable bonds is 6. The summed E-state index contributed by atoms with van der Waals surface area (Å²) in [5.74, 6) is 0.959. The van der Waals surface area contributed by atoms with E-state index < -0.39 is 0 Å². The molecule has 1 N–H and O–H groups in total. The Morgan fingerprint density at radius 1 is 1.10 bits per heavy atom. The molecule has 5 nitrogen and oxygen atoms in total. The second-order valence-corrected chi connectivity index (χ2v) is 8.16. The average molecular weight is 419 g/mol. The molecule has 154 valence electrons. The molecule has 1 saturated heterocycles. The van der Waals surface area contributed by atoms with Crippen molar-refractivity contribution in [2.45, 2.75) is 13.0 Å². The maximum Gasteiger partial charge on any atom is 0.244 e. The highest BCUT2D eigenvalue weighted by Gasteiger charge is 2.19. The molecule has 1 atom stereocenters. The monoisotopic (exact) mass is 418 g/mol. The van der Waals surface area contributed by atoms with Crippen LogP contribution >= 0.6 is 11.3 Å². The van der Waals surface area contributed by atoms with Gasteiger partial charge in [-0.1, -0.05) is 18.2 Å². The standard InChI is InChI=1S/C24H26N4OS/c1-19(26-24(29)9-8-20-10-16-30-18-20)21-5-4-6-22(17-21)27-12-14-28(15-13-27)23-7-2-3-11-25-23/h2-11,16-19H,12-15H2,1H3,(H,26,29)/b9-8+/t19-/m0/s1. The third-order valence-electron chi connectivity index (χ3n) is 5.32. The van der Waals surface area contributed by atoms with Crippen molar-refractivity contribution in [1.29, 1.82) is 0 Å². The van der Waals surface area contributed by atoms with E-state index in [0.717, 1.165) is 43.1 Å². The van der Waals surface area contributed by atoms with Crippen LogP contribution in [0.1, 0.15) is 24.1 Å². The molecular weight excluding hydrogens is 392 g/mol. The minimum absolute atomic E-state index is 0.0561.